The van der Waals surface area contributed by atoms with Gasteiger partial charge in [0.05, 0.1) is 0 Å². The molecule has 0 spiro atoms. The molecule has 2 rings (SSSR count). The largest absolute Gasteiger partial charge is 0.337 e. The Hall–Kier alpha value is -0.200. The van der Waals surface area contributed by atoms with Crippen molar-refractivity contribution >= 4 is 0 Å². The Balaban J connectivity index is 1.68. The molecule has 15 heavy (non-hydrogen) atoms. The highest BCUT2D eigenvalue weighted by atomic mass is 16.8. The van der Waals surface area contributed by atoms with E-state index in [1.807, 2.05) is 14.1 Å². The van der Waals surface area contributed by atoms with E-state index >= 15 is 0 Å². The molecule has 0 aromatic heterocycles. The van der Waals surface area contributed by atoms with E-state index < -0.39 is 0 Å². The molecule has 5 nitrogen and oxygen atoms in total. The van der Waals surface area contributed by atoms with Crippen molar-refractivity contribution in [3.05, 3.63) is 0 Å². The average Bonchev–Trinajstić information content (AvgIpc) is 2.25. The Morgan fingerprint density at radius 1 is 0.933 bits per heavy atom. The highest BCUT2D eigenvalue weighted by Gasteiger charge is 2.24. The molecule has 5 heteroatoms. The molecular weight excluding hydrogens is 196 g/mol. The SMILES string of the molecule is CN1CCC(OC2CCN(C)CO2)OC1. The zero-order valence-corrected chi connectivity index (χ0v) is 9.52. The highest BCUT2D eigenvalue weighted by molar-refractivity contribution is 4.61. The molecule has 0 aromatic rings. The van der Waals surface area contributed by atoms with Crippen molar-refractivity contribution < 1.29 is 14.2 Å². The summed E-state index contributed by atoms with van der Waals surface area (Å²) in [5.74, 6) is 0. The first-order valence-corrected chi connectivity index (χ1v) is 5.50. The van der Waals surface area contributed by atoms with Crippen molar-refractivity contribution in [2.75, 3.05) is 40.6 Å². The predicted octanol–water partition coefficient (Wildman–Crippen LogP) is 0.274. The maximum absolute atomic E-state index is 5.73. The summed E-state index contributed by atoms with van der Waals surface area (Å²) < 4.78 is 16.8. The molecule has 88 valence electrons. The molecular formula is C10H20N2O3. The molecule has 0 aliphatic carbocycles. The van der Waals surface area contributed by atoms with Gasteiger partial charge in [-0.3, -0.25) is 9.80 Å². The quantitative estimate of drug-likeness (QED) is 0.662. The molecule has 0 radical (unpaired) electrons. The number of nitrogens with zero attached hydrogens (tertiary/aromatic N) is 2. The summed E-state index contributed by atoms with van der Waals surface area (Å²) in [5.41, 5.74) is 0. The van der Waals surface area contributed by atoms with E-state index in [1.165, 1.54) is 0 Å². The smallest absolute Gasteiger partial charge is 0.163 e. The highest BCUT2D eigenvalue weighted by Crippen LogP contribution is 2.16. The van der Waals surface area contributed by atoms with Crippen LogP contribution in [0.5, 0.6) is 0 Å². The lowest BCUT2D eigenvalue weighted by Gasteiger charge is -2.34. The lowest BCUT2D eigenvalue weighted by atomic mass is 10.3. The standard InChI is InChI=1S/C10H20N2O3/c1-11-5-3-9(13-7-11)15-10-4-6-12(2)8-14-10/h9-10H,3-8H2,1-2H3. The van der Waals surface area contributed by atoms with Crippen LogP contribution in [-0.4, -0.2) is 63.0 Å². The number of hydrogen-bond acceptors (Lipinski definition) is 5. The van der Waals surface area contributed by atoms with Gasteiger partial charge in [-0.1, -0.05) is 0 Å². The predicted molar refractivity (Wildman–Crippen MR) is 55.1 cm³/mol. The van der Waals surface area contributed by atoms with Gasteiger partial charge in [0.25, 0.3) is 0 Å². The van der Waals surface area contributed by atoms with Crippen LogP contribution >= 0.6 is 0 Å². The molecule has 2 heterocycles. The Morgan fingerprint density at radius 3 is 1.73 bits per heavy atom. The third-order valence-corrected chi connectivity index (χ3v) is 2.76. The minimum atomic E-state index is -0.0883. The summed E-state index contributed by atoms with van der Waals surface area (Å²) in [6, 6.07) is 0. The fraction of sp³-hybridized carbons (Fsp3) is 1.00. The van der Waals surface area contributed by atoms with Gasteiger partial charge in [-0.25, -0.2) is 0 Å². The summed E-state index contributed by atoms with van der Waals surface area (Å²) in [6.45, 7) is 3.35. The van der Waals surface area contributed by atoms with E-state index in [0.29, 0.717) is 13.5 Å². The van der Waals surface area contributed by atoms with Gasteiger partial charge in [-0.15, -0.1) is 0 Å². The van der Waals surface area contributed by atoms with Crippen LogP contribution in [0.2, 0.25) is 0 Å². The fourth-order valence-electron chi connectivity index (χ4n) is 1.75. The van der Waals surface area contributed by atoms with Gasteiger partial charge in [0.1, 0.15) is 13.5 Å². The van der Waals surface area contributed by atoms with Crippen molar-refractivity contribution in [1.82, 2.24) is 9.80 Å². The maximum Gasteiger partial charge on any atom is 0.163 e. The number of hydrogen-bond donors (Lipinski definition) is 0. The zero-order chi connectivity index (χ0) is 10.7. The monoisotopic (exact) mass is 216 g/mol. The molecule has 2 unspecified atom stereocenters. The third-order valence-electron chi connectivity index (χ3n) is 2.76. The molecule has 0 N–H and O–H groups in total. The van der Waals surface area contributed by atoms with Crippen molar-refractivity contribution in [2.24, 2.45) is 0 Å². The first-order chi connectivity index (χ1) is 7.24. The van der Waals surface area contributed by atoms with E-state index in [4.69, 9.17) is 14.2 Å². The maximum atomic E-state index is 5.73. The van der Waals surface area contributed by atoms with Crippen molar-refractivity contribution in [3.63, 3.8) is 0 Å². The second-order valence-electron chi connectivity index (χ2n) is 4.32. The van der Waals surface area contributed by atoms with Gasteiger partial charge >= 0.3 is 0 Å². The van der Waals surface area contributed by atoms with Gasteiger partial charge in [0, 0.05) is 25.9 Å². The molecule has 2 aliphatic rings. The van der Waals surface area contributed by atoms with Crippen LogP contribution in [0.15, 0.2) is 0 Å². The summed E-state index contributed by atoms with van der Waals surface area (Å²) in [4.78, 5) is 4.27. The molecule has 2 aliphatic heterocycles. The van der Waals surface area contributed by atoms with E-state index in [2.05, 4.69) is 9.80 Å². The van der Waals surface area contributed by atoms with Gasteiger partial charge in [0.15, 0.2) is 12.6 Å². The van der Waals surface area contributed by atoms with Crippen LogP contribution in [0.1, 0.15) is 12.8 Å². The molecule has 2 atom stereocenters. The molecule has 0 saturated carbocycles. The van der Waals surface area contributed by atoms with Crippen molar-refractivity contribution in [1.29, 1.82) is 0 Å². The molecule has 2 saturated heterocycles. The van der Waals surface area contributed by atoms with Crippen LogP contribution in [0.3, 0.4) is 0 Å². The summed E-state index contributed by atoms with van der Waals surface area (Å²) in [5, 5.41) is 0. The zero-order valence-electron chi connectivity index (χ0n) is 9.52. The van der Waals surface area contributed by atoms with Crippen LogP contribution in [0.4, 0.5) is 0 Å². The Labute approximate surface area is 90.9 Å². The first kappa shape index (κ1) is 11.3. The molecule has 0 amide bonds. The van der Waals surface area contributed by atoms with Gasteiger partial charge in [0.2, 0.25) is 0 Å². The second kappa shape index (κ2) is 5.23. The number of rotatable bonds is 2. The topological polar surface area (TPSA) is 34.2 Å². The lowest BCUT2D eigenvalue weighted by molar-refractivity contribution is -0.288. The van der Waals surface area contributed by atoms with Crippen LogP contribution in [0.25, 0.3) is 0 Å². The van der Waals surface area contributed by atoms with Crippen molar-refractivity contribution in [2.45, 2.75) is 25.4 Å². The van der Waals surface area contributed by atoms with Crippen LogP contribution < -0.4 is 0 Å². The Morgan fingerprint density at radius 2 is 1.40 bits per heavy atom. The minimum absolute atomic E-state index is 0.0883. The van der Waals surface area contributed by atoms with Gasteiger partial charge in [-0.2, -0.15) is 0 Å². The number of ether oxygens (including phenoxy) is 3. The van der Waals surface area contributed by atoms with Gasteiger partial charge < -0.3 is 14.2 Å². The van der Waals surface area contributed by atoms with Gasteiger partial charge in [-0.05, 0) is 14.1 Å². The van der Waals surface area contributed by atoms with E-state index in [9.17, 15) is 0 Å². The summed E-state index contributed by atoms with van der Waals surface area (Å²) in [7, 11) is 4.09. The third kappa shape index (κ3) is 3.39. The molecule has 0 bridgehead atoms. The Bertz CT molecular complexity index is 167. The van der Waals surface area contributed by atoms with E-state index in [0.717, 1.165) is 25.9 Å². The normalized spacial score (nSPS) is 35.6. The summed E-state index contributed by atoms with van der Waals surface area (Å²) >= 11 is 0. The minimum Gasteiger partial charge on any atom is -0.337 e. The van der Waals surface area contributed by atoms with Crippen LogP contribution in [0, 0.1) is 0 Å². The fourth-order valence-corrected chi connectivity index (χ4v) is 1.75. The molecule has 0 aromatic carbocycles. The van der Waals surface area contributed by atoms with Crippen LogP contribution in [-0.2, 0) is 14.2 Å². The summed E-state index contributed by atoms with van der Waals surface area (Å²) in [6.07, 6.45) is 1.67. The van der Waals surface area contributed by atoms with E-state index in [-0.39, 0.29) is 12.6 Å². The van der Waals surface area contributed by atoms with Crippen molar-refractivity contribution in [3.8, 4) is 0 Å². The Kier molecular flexibility index (Phi) is 3.93. The first-order valence-electron chi connectivity index (χ1n) is 5.50. The van der Waals surface area contributed by atoms with E-state index in [1.54, 1.807) is 0 Å². The second-order valence-corrected chi connectivity index (χ2v) is 4.32. The molecule has 2 fully saturated rings. The average molecular weight is 216 g/mol. The lowest BCUT2D eigenvalue weighted by Crippen LogP contribution is -2.42.